The van der Waals surface area contributed by atoms with E-state index in [1.54, 1.807) is 20.5 Å². The van der Waals surface area contributed by atoms with Gasteiger partial charge in [0.1, 0.15) is 12.1 Å². The first kappa shape index (κ1) is 11.5. The third-order valence-corrected chi connectivity index (χ3v) is 2.97. The highest BCUT2D eigenvalue weighted by Crippen LogP contribution is 2.32. The van der Waals surface area contributed by atoms with Crippen molar-refractivity contribution in [3.63, 3.8) is 0 Å². The van der Waals surface area contributed by atoms with Crippen molar-refractivity contribution < 1.29 is 9.47 Å². The van der Waals surface area contributed by atoms with Crippen LogP contribution in [0.2, 0.25) is 0 Å². The Morgan fingerprint density at radius 3 is 2.32 bits per heavy atom. The first-order valence-electron chi connectivity index (χ1n) is 5.83. The maximum Gasteiger partial charge on any atom is 0.162 e. The van der Waals surface area contributed by atoms with Crippen LogP contribution in [0.1, 0.15) is 0 Å². The Hall–Kier alpha value is -2.56. The van der Waals surface area contributed by atoms with E-state index in [0.29, 0.717) is 11.5 Å². The lowest BCUT2D eigenvalue weighted by Gasteiger charge is -2.11. The van der Waals surface area contributed by atoms with Crippen LogP contribution in [0.25, 0.3) is 16.7 Å². The number of hydrogen-bond acceptors (Lipinski definition) is 4. The van der Waals surface area contributed by atoms with Crippen molar-refractivity contribution >= 4 is 10.9 Å². The molecule has 2 aromatic heterocycles. The molecule has 0 N–H and O–H groups in total. The Bertz CT molecular complexity index is 708. The highest BCUT2D eigenvalue weighted by Gasteiger charge is 2.11. The molecular weight excluding hydrogens is 242 g/mol. The number of hydrogen-bond donors (Lipinski definition) is 0. The summed E-state index contributed by atoms with van der Waals surface area (Å²) in [5, 5.41) is 0.913. The predicted molar refractivity (Wildman–Crippen MR) is 72.0 cm³/mol. The third kappa shape index (κ3) is 1.89. The van der Waals surface area contributed by atoms with Crippen molar-refractivity contribution in [2.24, 2.45) is 0 Å². The minimum absolute atomic E-state index is 0.659. The Morgan fingerprint density at radius 2 is 1.63 bits per heavy atom. The number of fused-ring (bicyclic) bond motifs is 1. The van der Waals surface area contributed by atoms with E-state index in [1.807, 2.05) is 41.2 Å². The van der Waals surface area contributed by atoms with E-state index in [1.165, 1.54) is 0 Å². The predicted octanol–water partition coefficient (Wildman–Crippen LogP) is 2.44. The molecule has 0 unspecified atom stereocenters. The summed E-state index contributed by atoms with van der Waals surface area (Å²) < 4.78 is 12.5. The molecule has 2 heterocycles. The molecule has 0 atom stereocenters. The van der Waals surface area contributed by atoms with Crippen LogP contribution in [-0.4, -0.2) is 28.8 Å². The highest BCUT2D eigenvalue weighted by molar-refractivity contribution is 5.88. The number of methoxy groups -OCH3 is 2. The van der Waals surface area contributed by atoms with Crippen LogP contribution in [0, 0.1) is 0 Å². The standard InChI is InChI=1S/C14H13N3O2/c1-18-12-7-10-11(8-13(12)19-2)15-9-16-14(10)17-5-3-4-6-17/h3-9H,1-2H3. The van der Waals surface area contributed by atoms with E-state index in [9.17, 15) is 0 Å². The van der Waals surface area contributed by atoms with E-state index >= 15 is 0 Å². The second-order valence-electron chi connectivity index (χ2n) is 4.01. The fraction of sp³-hybridized carbons (Fsp3) is 0.143. The third-order valence-electron chi connectivity index (χ3n) is 2.97. The van der Waals surface area contributed by atoms with Crippen molar-refractivity contribution in [2.75, 3.05) is 14.2 Å². The van der Waals surface area contributed by atoms with Crippen LogP contribution in [-0.2, 0) is 0 Å². The minimum Gasteiger partial charge on any atom is -0.493 e. The summed E-state index contributed by atoms with van der Waals surface area (Å²) in [6.07, 6.45) is 5.43. The number of aromatic nitrogens is 3. The number of benzene rings is 1. The first-order valence-corrected chi connectivity index (χ1v) is 5.83. The van der Waals surface area contributed by atoms with Gasteiger partial charge in [-0.25, -0.2) is 9.97 Å². The van der Waals surface area contributed by atoms with E-state index in [0.717, 1.165) is 16.7 Å². The van der Waals surface area contributed by atoms with Gasteiger partial charge in [0.25, 0.3) is 0 Å². The quantitative estimate of drug-likeness (QED) is 0.721. The zero-order chi connectivity index (χ0) is 13.2. The lowest BCUT2D eigenvalue weighted by Crippen LogP contribution is -1.98. The molecule has 0 saturated carbocycles. The molecule has 5 heteroatoms. The summed E-state index contributed by atoms with van der Waals surface area (Å²) in [5.41, 5.74) is 0.816. The van der Waals surface area contributed by atoms with Crippen LogP contribution < -0.4 is 9.47 Å². The molecule has 0 aliphatic carbocycles. The SMILES string of the molecule is COc1cc2ncnc(-n3cccc3)c2cc1OC. The van der Waals surface area contributed by atoms with Crippen molar-refractivity contribution in [1.29, 1.82) is 0 Å². The summed E-state index contributed by atoms with van der Waals surface area (Å²) in [7, 11) is 3.22. The molecule has 1 aromatic carbocycles. The lowest BCUT2D eigenvalue weighted by atomic mass is 10.2. The second kappa shape index (κ2) is 4.61. The number of nitrogens with zero attached hydrogens (tertiary/aromatic N) is 3. The summed E-state index contributed by atoms with van der Waals surface area (Å²) in [6.45, 7) is 0. The normalized spacial score (nSPS) is 10.6. The molecule has 3 rings (SSSR count). The monoisotopic (exact) mass is 255 g/mol. The van der Waals surface area contributed by atoms with E-state index in [4.69, 9.17) is 9.47 Å². The van der Waals surface area contributed by atoms with Crippen LogP contribution in [0.5, 0.6) is 11.5 Å². The Morgan fingerprint density at radius 1 is 0.947 bits per heavy atom. The van der Waals surface area contributed by atoms with E-state index in [2.05, 4.69) is 9.97 Å². The van der Waals surface area contributed by atoms with Gasteiger partial charge < -0.3 is 14.0 Å². The number of rotatable bonds is 3. The van der Waals surface area contributed by atoms with E-state index in [-0.39, 0.29) is 0 Å². The van der Waals surface area contributed by atoms with Gasteiger partial charge in [-0.05, 0) is 18.2 Å². The summed E-state index contributed by atoms with van der Waals surface area (Å²) >= 11 is 0. The lowest BCUT2D eigenvalue weighted by molar-refractivity contribution is 0.355. The molecule has 0 amide bonds. The van der Waals surface area contributed by atoms with Gasteiger partial charge in [-0.2, -0.15) is 0 Å². The molecule has 19 heavy (non-hydrogen) atoms. The van der Waals surface area contributed by atoms with Crippen LogP contribution in [0.4, 0.5) is 0 Å². The minimum atomic E-state index is 0.659. The summed E-state index contributed by atoms with van der Waals surface area (Å²) in [5.74, 6) is 2.14. The fourth-order valence-electron chi connectivity index (χ4n) is 2.05. The molecular formula is C14H13N3O2. The molecule has 0 fully saturated rings. The molecule has 0 spiro atoms. The average Bonchev–Trinajstić information content (AvgIpc) is 2.99. The molecule has 0 radical (unpaired) electrons. The Kier molecular flexibility index (Phi) is 2.79. The first-order chi connectivity index (χ1) is 9.33. The molecule has 0 aliphatic heterocycles. The zero-order valence-electron chi connectivity index (χ0n) is 10.7. The zero-order valence-corrected chi connectivity index (χ0v) is 10.7. The van der Waals surface area contributed by atoms with Gasteiger partial charge in [-0.15, -0.1) is 0 Å². The molecule has 96 valence electrons. The maximum atomic E-state index is 5.33. The molecule has 0 bridgehead atoms. The van der Waals surface area contributed by atoms with Gasteiger partial charge in [0, 0.05) is 23.8 Å². The van der Waals surface area contributed by atoms with Gasteiger partial charge in [-0.3, -0.25) is 0 Å². The average molecular weight is 255 g/mol. The van der Waals surface area contributed by atoms with Crippen molar-refractivity contribution in [3.05, 3.63) is 43.0 Å². The molecule has 0 aliphatic rings. The van der Waals surface area contributed by atoms with Gasteiger partial charge >= 0.3 is 0 Å². The Balaban J connectivity index is 2.30. The van der Waals surface area contributed by atoms with Gasteiger partial charge in [0.15, 0.2) is 11.5 Å². The molecule has 3 aromatic rings. The van der Waals surface area contributed by atoms with Crippen LogP contribution in [0.3, 0.4) is 0 Å². The molecule has 0 saturated heterocycles. The second-order valence-corrected chi connectivity index (χ2v) is 4.01. The van der Waals surface area contributed by atoms with Crippen molar-refractivity contribution in [1.82, 2.24) is 14.5 Å². The van der Waals surface area contributed by atoms with E-state index < -0.39 is 0 Å². The fourth-order valence-corrected chi connectivity index (χ4v) is 2.05. The topological polar surface area (TPSA) is 49.2 Å². The van der Waals surface area contributed by atoms with Crippen LogP contribution >= 0.6 is 0 Å². The van der Waals surface area contributed by atoms with Gasteiger partial charge in [0.2, 0.25) is 0 Å². The largest absolute Gasteiger partial charge is 0.493 e. The Labute approximate surface area is 110 Å². The van der Waals surface area contributed by atoms with Gasteiger partial charge in [-0.1, -0.05) is 0 Å². The smallest absolute Gasteiger partial charge is 0.162 e. The van der Waals surface area contributed by atoms with Gasteiger partial charge in [0.05, 0.1) is 19.7 Å². The number of ether oxygens (including phenoxy) is 2. The maximum absolute atomic E-state index is 5.33. The van der Waals surface area contributed by atoms with Crippen molar-refractivity contribution in [3.8, 4) is 17.3 Å². The summed E-state index contributed by atoms with van der Waals surface area (Å²) in [6, 6.07) is 7.65. The summed E-state index contributed by atoms with van der Waals surface area (Å²) in [4.78, 5) is 8.61. The molecule has 5 nitrogen and oxygen atoms in total. The van der Waals surface area contributed by atoms with Crippen molar-refractivity contribution in [2.45, 2.75) is 0 Å². The highest BCUT2D eigenvalue weighted by atomic mass is 16.5. The van der Waals surface area contributed by atoms with Crippen LogP contribution in [0.15, 0.2) is 43.0 Å².